The van der Waals surface area contributed by atoms with Gasteiger partial charge in [-0.3, -0.25) is 4.79 Å². The van der Waals surface area contributed by atoms with Crippen LogP contribution >= 0.6 is 0 Å². The quantitative estimate of drug-likeness (QED) is 0.409. The summed E-state index contributed by atoms with van der Waals surface area (Å²) in [6, 6.07) is 9.51. The third-order valence-electron chi connectivity index (χ3n) is 2.89. The van der Waals surface area contributed by atoms with Gasteiger partial charge in [0, 0.05) is 0 Å². The first-order valence-electron chi connectivity index (χ1n) is 7.07. The van der Waals surface area contributed by atoms with Crippen molar-refractivity contribution in [1.29, 1.82) is 0 Å². The fourth-order valence-corrected chi connectivity index (χ4v) is 1.70. The van der Waals surface area contributed by atoms with E-state index in [1.54, 1.807) is 0 Å². The predicted octanol–water partition coefficient (Wildman–Crippen LogP) is 3.99. The molecule has 1 atom stereocenters. The molecule has 0 spiro atoms. The standard InChI is InChI=1S/C17H24O3/c1-14(2)8-7-9-15(3)17(18)20-13-12-19-16-10-5-4-6-11-16/h4-6,8,10-11,15H,7,9,12-13H2,1-3H3. The zero-order chi connectivity index (χ0) is 14.8. The monoisotopic (exact) mass is 276 g/mol. The Kier molecular flexibility index (Phi) is 7.48. The van der Waals surface area contributed by atoms with Gasteiger partial charge in [0.25, 0.3) is 0 Å². The highest BCUT2D eigenvalue weighted by Crippen LogP contribution is 2.10. The number of benzene rings is 1. The summed E-state index contributed by atoms with van der Waals surface area (Å²) in [6.07, 6.45) is 3.88. The maximum absolute atomic E-state index is 11.7. The summed E-state index contributed by atoms with van der Waals surface area (Å²) in [5.41, 5.74) is 1.28. The largest absolute Gasteiger partial charge is 0.490 e. The lowest BCUT2D eigenvalue weighted by Crippen LogP contribution is -2.18. The van der Waals surface area contributed by atoms with E-state index >= 15 is 0 Å². The molecule has 0 N–H and O–H groups in total. The Hall–Kier alpha value is -1.77. The summed E-state index contributed by atoms with van der Waals surface area (Å²) in [7, 11) is 0. The number of esters is 1. The molecule has 0 radical (unpaired) electrons. The van der Waals surface area contributed by atoms with E-state index < -0.39 is 0 Å². The van der Waals surface area contributed by atoms with E-state index in [0.29, 0.717) is 13.2 Å². The van der Waals surface area contributed by atoms with E-state index in [-0.39, 0.29) is 11.9 Å². The molecule has 0 saturated carbocycles. The van der Waals surface area contributed by atoms with Gasteiger partial charge >= 0.3 is 5.97 Å². The Balaban J connectivity index is 2.14. The molecule has 110 valence electrons. The molecule has 3 nitrogen and oxygen atoms in total. The van der Waals surface area contributed by atoms with Crippen LogP contribution in [0.2, 0.25) is 0 Å². The second-order valence-corrected chi connectivity index (χ2v) is 5.09. The highest BCUT2D eigenvalue weighted by molar-refractivity contribution is 5.71. The number of allylic oxidation sites excluding steroid dienone is 2. The van der Waals surface area contributed by atoms with Crippen LogP contribution in [0.25, 0.3) is 0 Å². The van der Waals surface area contributed by atoms with Crippen LogP contribution in [0.15, 0.2) is 42.0 Å². The second-order valence-electron chi connectivity index (χ2n) is 5.09. The van der Waals surface area contributed by atoms with Crippen LogP contribution in [0.3, 0.4) is 0 Å². The van der Waals surface area contributed by atoms with Gasteiger partial charge < -0.3 is 9.47 Å². The fraction of sp³-hybridized carbons (Fsp3) is 0.471. The molecule has 3 heteroatoms. The van der Waals surface area contributed by atoms with Crippen molar-refractivity contribution in [2.24, 2.45) is 5.92 Å². The Labute approximate surface area is 121 Å². The van der Waals surface area contributed by atoms with Crippen LogP contribution in [0.4, 0.5) is 0 Å². The van der Waals surface area contributed by atoms with E-state index in [2.05, 4.69) is 19.9 Å². The first-order valence-corrected chi connectivity index (χ1v) is 7.07. The first kappa shape index (κ1) is 16.3. The average molecular weight is 276 g/mol. The molecule has 0 fully saturated rings. The first-order chi connectivity index (χ1) is 9.59. The summed E-state index contributed by atoms with van der Waals surface area (Å²) in [4.78, 5) is 11.7. The van der Waals surface area contributed by atoms with Gasteiger partial charge in [0.2, 0.25) is 0 Å². The molecule has 0 aliphatic carbocycles. The molecular formula is C17H24O3. The molecule has 0 aliphatic heterocycles. The van der Waals surface area contributed by atoms with Gasteiger partial charge in [-0.15, -0.1) is 0 Å². The number of para-hydroxylation sites is 1. The third kappa shape index (κ3) is 6.98. The van der Waals surface area contributed by atoms with Crippen LogP contribution in [0.5, 0.6) is 5.75 Å². The van der Waals surface area contributed by atoms with Crippen molar-refractivity contribution in [2.45, 2.75) is 33.6 Å². The maximum Gasteiger partial charge on any atom is 0.308 e. The van der Waals surface area contributed by atoms with E-state index in [9.17, 15) is 4.79 Å². The third-order valence-corrected chi connectivity index (χ3v) is 2.89. The van der Waals surface area contributed by atoms with Gasteiger partial charge in [0.1, 0.15) is 19.0 Å². The van der Waals surface area contributed by atoms with Crippen LogP contribution in [-0.4, -0.2) is 19.2 Å². The Morgan fingerprint density at radius 3 is 2.55 bits per heavy atom. The lowest BCUT2D eigenvalue weighted by molar-refractivity contribution is -0.148. The van der Waals surface area contributed by atoms with E-state index in [0.717, 1.165) is 18.6 Å². The summed E-state index contributed by atoms with van der Waals surface area (Å²) in [6.45, 7) is 6.70. The smallest absolute Gasteiger partial charge is 0.308 e. The maximum atomic E-state index is 11.7. The summed E-state index contributed by atoms with van der Waals surface area (Å²) in [5.74, 6) is 0.575. The fourth-order valence-electron chi connectivity index (χ4n) is 1.70. The second kappa shape index (κ2) is 9.18. The average Bonchev–Trinajstić information content (AvgIpc) is 2.44. The van der Waals surface area contributed by atoms with Gasteiger partial charge in [-0.2, -0.15) is 0 Å². The number of ether oxygens (including phenoxy) is 2. The van der Waals surface area contributed by atoms with Crippen molar-refractivity contribution in [3.63, 3.8) is 0 Å². The molecule has 0 heterocycles. The molecule has 20 heavy (non-hydrogen) atoms. The van der Waals surface area contributed by atoms with E-state index in [1.165, 1.54) is 5.57 Å². The molecule has 1 unspecified atom stereocenters. The zero-order valence-corrected chi connectivity index (χ0v) is 12.6. The Morgan fingerprint density at radius 2 is 1.90 bits per heavy atom. The normalized spacial score (nSPS) is 11.6. The van der Waals surface area contributed by atoms with Gasteiger partial charge in [-0.1, -0.05) is 36.8 Å². The molecule has 1 aromatic rings. The van der Waals surface area contributed by atoms with Crippen LogP contribution in [0, 0.1) is 5.92 Å². The molecule has 0 saturated heterocycles. The van der Waals surface area contributed by atoms with Crippen molar-refractivity contribution in [3.8, 4) is 5.75 Å². The number of carbonyl (C=O) groups is 1. The van der Waals surface area contributed by atoms with Crippen molar-refractivity contribution in [1.82, 2.24) is 0 Å². The van der Waals surface area contributed by atoms with E-state index in [1.807, 2.05) is 37.3 Å². The molecule has 0 amide bonds. The number of hydrogen-bond donors (Lipinski definition) is 0. The lowest BCUT2D eigenvalue weighted by Gasteiger charge is -2.11. The van der Waals surface area contributed by atoms with Crippen LogP contribution < -0.4 is 4.74 Å². The topological polar surface area (TPSA) is 35.5 Å². The highest BCUT2D eigenvalue weighted by atomic mass is 16.6. The minimum absolute atomic E-state index is 0.0673. The van der Waals surface area contributed by atoms with Crippen molar-refractivity contribution < 1.29 is 14.3 Å². The van der Waals surface area contributed by atoms with E-state index in [4.69, 9.17) is 9.47 Å². The predicted molar refractivity (Wildman–Crippen MR) is 80.7 cm³/mol. The number of carbonyl (C=O) groups excluding carboxylic acids is 1. The SMILES string of the molecule is CC(C)=CCCC(C)C(=O)OCCOc1ccccc1. The van der Waals surface area contributed by atoms with Crippen LogP contribution in [0.1, 0.15) is 33.6 Å². The Morgan fingerprint density at radius 1 is 1.20 bits per heavy atom. The van der Waals surface area contributed by atoms with Gasteiger partial charge in [0.05, 0.1) is 5.92 Å². The van der Waals surface area contributed by atoms with Gasteiger partial charge in [0.15, 0.2) is 0 Å². The summed E-state index contributed by atoms with van der Waals surface area (Å²) in [5, 5.41) is 0. The molecular weight excluding hydrogens is 252 g/mol. The highest BCUT2D eigenvalue weighted by Gasteiger charge is 2.13. The van der Waals surface area contributed by atoms with Gasteiger partial charge in [-0.05, 0) is 38.8 Å². The van der Waals surface area contributed by atoms with Crippen LogP contribution in [-0.2, 0) is 9.53 Å². The summed E-state index contributed by atoms with van der Waals surface area (Å²) >= 11 is 0. The molecule has 0 aliphatic rings. The number of rotatable bonds is 8. The lowest BCUT2D eigenvalue weighted by atomic mass is 10.1. The molecule has 0 aromatic heterocycles. The van der Waals surface area contributed by atoms with Gasteiger partial charge in [-0.25, -0.2) is 0 Å². The minimum atomic E-state index is -0.149. The minimum Gasteiger partial charge on any atom is -0.490 e. The molecule has 0 bridgehead atoms. The molecule has 1 rings (SSSR count). The van der Waals surface area contributed by atoms with Crippen molar-refractivity contribution in [3.05, 3.63) is 42.0 Å². The van der Waals surface area contributed by atoms with Crippen molar-refractivity contribution in [2.75, 3.05) is 13.2 Å². The summed E-state index contributed by atoms with van der Waals surface area (Å²) < 4.78 is 10.7. The Bertz CT molecular complexity index is 419. The zero-order valence-electron chi connectivity index (χ0n) is 12.6. The number of hydrogen-bond acceptors (Lipinski definition) is 3. The van der Waals surface area contributed by atoms with Crippen molar-refractivity contribution >= 4 is 5.97 Å². The molecule has 1 aromatic carbocycles.